The maximum Gasteiger partial charge on any atom is 0.197 e. The van der Waals surface area contributed by atoms with Gasteiger partial charge in [0.15, 0.2) is 29.1 Å². The summed E-state index contributed by atoms with van der Waals surface area (Å²) in [6.45, 7) is 4.23. The predicted molar refractivity (Wildman–Crippen MR) is 112 cm³/mol. The molecule has 2 nitrogen and oxygen atoms in total. The number of hydrogen-bond acceptors (Lipinski definition) is 2. The standard InChI is InChI=1S/C24H38F4O2/c1-5-7-8-9-10-11-15-19(24(6-2,29-3)30-4)16-13-12-14-18-17-20(25)22(27)23(28)21(18)26/h17,19H,5-16H2,1-4H3. The zero-order valence-electron chi connectivity index (χ0n) is 19.0. The van der Waals surface area contributed by atoms with Crippen LogP contribution < -0.4 is 0 Å². The Kier molecular flexibility index (Phi) is 12.6. The van der Waals surface area contributed by atoms with Crippen molar-refractivity contribution in [2.24, 2.45) is 5.92 Å². The third-order valence-electron chi connectivity index (χ3n) is 6.14. The zero-order valence-corrected chi connectivity index (χ0v) is 19.0. The van der Waals surface area contributed by atoms with Gasteiger partial charge in [-0.3, -0.25) is 0 Å². The van der Waals surface area contributed by atoms with E-state index in [-0.39, 0.29) is 17.9 Å². The number of rotatable bonds is 16. The van der Waals surface area contributed by atoms with Crippen LogP contribution in [0.2, 0.25) is 0 Å². The van der Waals surface area contributed by atoms with Crippen LogP contribution in [0.3, 0.4) is 0 Å². The van der Waals surface area contributed by atoms with E-state index in [9.17, 15) is 17.6 Å². The number of benzene rings is 1. The van der Waals surface area contributed by atoms with Crippen LogP contribution >= 0.6 is 0 Å². The molecule has 0 fully saturated rings. The molecule has 174 valence electrons. The van der Waals surface area contributed by atoms with Crippen molar-refractivity contribution in [3.05, 3.63) is 34.9 Å². The lowest BCUT2D eigenvalue weighted by Crippen LogP contribution is -2.41. The molecule has 1 aromatic rings. The molecule has 6 heteroatoms. The second kappa shape index (κ2) is 14.0. The van der Waals surface area contributed by atoms with Crippen molar-refractivity contribution < 1.29 is 27.0 Å². The van der Waals surface area contributed by atoms with Gasteiger partial charge in [0, 0.05) is 20.1 Å². The van der Waals surface area contributed by atoms with Crippen molar-refractivity contribution in [2.75, 3.05) is 14.2 Å². The maximum atomic E-state index is 13.9. The van der Waals surface area contributed by atoms with E-state index in [4.69, 9.17) is 9.47 Å². The smallest absolute Gasteiger partial charge is 0.197 e. The monoisotopic (exact) mass is 434 g/mol. The number of hydrogen-bond donors (Lipinski definition) is 0. The highest BCUT2D eigenvalue weighted by Gasteiger charge is 2.36. The van der Waals surface area contributed by atoms with Crippen molar-refractivity contribution in [2.45, 2.75) is 96.7 Å². The minimum Gasteiger partial charge on any atom is -0.353 e. The summed E-state index contributed by atoms with van der Waals surface area (Å²) >= 11 is 0. The molecule has 1 rings (SSSR count). The Labute approximate surface area is 179 Å². The largest absolute Gasteiger partial charge is 0.353 e. The summed E-state index contributed by atoms with van der Waals surface area (Å²) in [6, 6.07) is 0.752. The summed E-state index contributed by atoms with van der Waals surface area (Å²) in [5.41, 5.74) is -0.126. The molecular weight excluding hydrogens is 396 g/mol. The molecule has 0 aliphatic rings. The molecule has 0 bridgehead atoms. The molecule has 1 aromatic carbocycles. The number of methoxy groups -OCH3 is 2. The van der Waals surface area contributed by atoms with Crippen LogP contribution in [-0.4, -0.2) is 20.0 Å². The van der Waals surface area contributed by atoms with Gasteiger partial charge in [-0.05, 0) is 43.7 Å². The van der Waals surface area contributed by atoms with Crippen molar-refractivity contribution in [1.82, 2.24) is 0 Å². The fraction of sp³-hybridized carbons (Fsp3) is 0.750. The second-order valence-electron chi connectivity index (χ2n) is 8.03. The molecule has 0 spiro atoms. The minimum absolute atomic E-state index is 0.126. The van der Waals surface area contributed by atoms with Crippen LogP contribution in [0.5, 0.6) is 0 Å². The average molecular weight is 435 g/mol. The summed E-state index contributed by atoms with van der Waals surface area (Å²) in [5.74, 6) is -6.64. The van der Waals surface area contributed by atoms with E-state index < -0.39 is 29.1 Å². The van der Waals surface area contributed by atoms with Gasteiger partial charge in [-0.15, -0.1) is 0 Å². The van der Waals surface area contributed by atoms with Gasteiger partial charge >= 0.3 is 0 Å². The van der Waals surface area contributed by atoms with E-state index in [0.29, 0.717) is 12.8 Å². The maximum absolute atomic E-state index is 13.9. The summed E-state index contributed by atoms with van der Waals surface area (Å²) in [4.78, 5) is 0. The second-order valence-corrected chi connectivity index (χ2v) is 8.03. The van der Waals surface area contributed by atoms with Crippen LogP contribution in [0.4, 0.5) is 17.6 Å². The van der Waals surface area contributed by atoms with E-state index in [2.05, 4.69) is 6.92 Å². The van der Waals surface area contributed by atoms with E-state index in [1.165, 1.54) is 32.1 Å². The first-order valence-corrected chi connectivity index (χ1v) is 11.3. The van der Waals surface area contributed by atoms with Gasteiger partial charge < -0.3 is 9.47 Å². The third kappa shape index (κ3) is 7.52. The number of ether oxygens (including phenoxy) is 2. The molecule has 0 radical (unpaired) electrons. The van der Waals surface area contributed by atoms with E-state index >= 15 is 0 Å². The van der Waals surface area contributed by atoms with Gasteiger partial charge in [-0.25, -0.2) is 17.6 Å². The van der Waals surface area contributed by atoms with Crippen LogP contribution in [0.25, 0.3) is 0 Å². The first-order valence-electron chi connectivity index (χ1n) is 11.3. The summed E-state index contributed by atoms with van der Waals surface area (Å²) in [7, 11) is 3.31. The summed E-state index contributed by atoms with van der Waals surface area (Å²) < 4.78 is 65.3. The minimum atomic E-state index is -1.76. The van der Waals surface area contributed by atoms with Crippen molar-refractivity contribution in [3.8, 4) is 0 Å². The molecule has 1 atom stereocenters. The average Bonchev–Trinajstić information content (AvgIpc) is 2.76. The molecule has 0 aliphatic carbocycles. The van der Waals surface area contributed by atoms with Crippen LogP contribution in [0.15, 0.2) is 6.07 Å². The third-order valence-corrected chi connectivity index (χ3v) is 6.14. The van der Waals surface area contributed by atoms with Gasteiger partial charge in [0.05, 0.1) is 0 Å². The Hall–Kier alpha value is -1.14. The van der Waals surface area contributed by atoms with Gasteiger partial charge in [0.25, 0.3) is 0 Å². The molecule has 30 heavy (non-hydrogen) atoms. The summed E-state index contributed by atoms with van der Waals surface area (Å²) in [5, 5.41) is 0. The van der Waals surface area contributed by atoms with Gasteiger partial charge in [0.1, 0.15) is 0 Å². The fourth-order valence-corrected chi connectivity index (χ4v) is 4.26. The van der Waals surface area contributed by atoms with E-state index in [1.807, 2.05) is 6.92 Å². The van der Waals surface area contributed by atoms with E-state index in [1.54, 1.807) is 14.2 Å². The molecule has 0 amide bonds. The highest BCUT2D eigenvalue weighted by molar-refractivity contribution is 5.21. The lowest BCUT2D eigenvalue weighted by atomic mass is 9.85. The normalized spacial score (nSPS) is 13.1. The molecule has 1 unspecified atom stereocenters. The lowest BCUT2D eigenvalue weighted by molar-refractivity contribution is -0.244. The summed E-state index contributed by atoms with van der Waals surface area (Å²) in [6.07, 6.45) is 11.1. The van der Waals surface area contributed by atoms with Crippen molar-refractivity contribution >= 4 is 0 Å². The Bertz CT molecular complexity index is 609. The van der Waals surface area contributed by atoms with Crippen LogP contribution in [0.1, 0.15) is 90.0 Å². The Morgan fingerprint density at radius 1 is 0.767 bits per heavy atom. The lowest BCUT2D eigenvalue weighted by Gasteiger charge is -2.38. The van der Waals surface area contributed by atoms with Crippen LogP contribution in [0, 0.1) is 29.2 Å². The fourth-order valence-electron chi connectivity index (χ4n) is 4.26. The highest BCUT2D eigenvalue weighted by atomic mass is 19.2. The topological polar surface area (TPSA) is 18.5 Å². The molecule has 0 saturated heterocycles. The van der Waals surface area contributed by atoms with Crippen molar-refractivity contribution in [1.29, 1.82) is 0 Å². The molecule has 0 aromatic heterocycles. The number of unbranched alkanes of at least 4 members (excludes halogenated alkanes) is 6. The van der Waals surface area contributed by atoms with Gasteiger partial charge in [-0.2, -0.15) is 0 Å². The first-order chi connectivity index (χ1) is 14.4. The highest BCUT2D eigenvalue weighted by Crippen LogP contribution is 2.35. The quantitative estimate of drug-likeness (QED) is 0.0871. The molecule has 0 saturated carbocycles. The Morgan fingerprint density at radius 3 is 1.90 bits per heavy atom. The Balaban J connectivity index is 2.65. The predicted octanol–water partition coefficient (Wildman–Crippen LogP) is 7.72. The zero-order chi connectivity index (χ0) is 22.6. The Morgan fingerprint density at radius 2 is 1.33 bits per heavy atom. The van der Waals surface area contributed by atoms with E-state index in [0.717, 1.165) is 31.7 Å². The molecule has 0 N–H and O–H groups in total. The molecule has 0 aliphatic heterocycles. The van der Waals surface area contributed by atoms with Gasteiger partial charge in [0.2, 0.25) is 0 Å². The molecule has 0 heterocycles. The first kappa shape index (κ1) is 26.9. The number of aryl methyl sites for hydroxylation is 1. The SMILES string of the molecule is CCCCCCCCC(CCCCc1cc(F)c(F)c(F)c1F)C(CC)(OC)OC. The van der Waals surface area contributed by atoms with Crippen LogP contribution in [-0.2, 0) is 15.9 Å². The van der Waals surface area contributed by atoms with Crippen molar-refractivity contribution in [3.63, 3.8) is 0 Å². The molecular formula is C24H38F4O2. The van der Waals surface area contributed by atoms with Gasteiger partial charge in [-0.1, -0.05) is 58.8 Å². The number of halogens is 4.